The van der Waals surface area contributed by atoms with E-state index in [1.54, 1.807) is 12.1 Å². The van der Waals surface area contributed by atoms with Gasteiger partial charge >= 0.3 is 5.97 Å². The van der Waals surface area contributed by atoms with Crippen molar-refractivity contribution in [1.82, 2.24) is 4.98 Å². The average molecular weight is 403 g/mol. The number of ether oxygens (including phenoxy) is 1. The lowest BCUT2D eigenvalue weighted by Gasteiger charge is -2.06. The van der Waals surface area contributed by atoms with Gasteiger partial charge in [0, 0.05) is 0 Å². The van der Waals surface area contributed by atoms with Crippen molar-refractivity contribution in [3.05, 3.63) is 94.9 Å². The van der Waals surface area contributed by atoms with E-state index in [1.165, 1.54) is 0 Å². The summed E-state index contributed by atoms with van der Waals surface area (Å²) in [5.41, 5.74) is 3.15. The fraction of sp³-hybridized carbons (Fsp3) is 0.0435. The Morgan fingerprint density at radius 3 is 2.45 bits per heavy atom. The quantitative estimate of drug-likeness (QED) is 0.319. The molecule has 1 N–H and O–H groups in total. The molecule has 0 saturated heterocycles. The minimum Gasteiger partial charge on any atom is -0.489 e. The van der Waals surface area contributed by atoms with E-state index < -0.39 is 5.97 Å². The minimum atomic E-state index is -1.04. The molecule has 0 aliphatic carbocycles. The number of hydrogen-bond donors (Lipinski definition) is 1. The van der Waals surface area contributed by atoms with Crippen LogP contribution in [0.4, 0.5) is 0 Å². The lowest BCUT2D eigenvalue weighted by atomic mass is 10.2. The molecule has 6 heteroatoms. The van der Waals surface area contributed by atoms with Gasteiger partial charge in [-0.25, -0.2) is 9.78 Å². The van der Waals surface area contributed by atoms with Crippen molar-refractivity contribution in [2.75, 3.05) is 0 Å². The largest absolute Gasteiger partial charge is 0.489 e. The van der Waals surface area contributed by atoms with Gasteiger partial charge in [0.2, 0.25) is 0 Å². The number of carboxylic acid groups (broad SMARTS) is 1. The molecule has 4 aromatic rings. The van der Waals surface area contributed by atoms with Crippen molar-refractivity contribution in [3.8, 4) is 5.75 Å². The van der Waals surface area contributed by atoms with Gasteiger partial charge in [0.25, 0.3) is 5.22 Å². The van der Waals surface area contributed by atoms with Crippen LogP contribution in [0, 0.1) is 0 Å². The molecule has 0 spiro atoms. The molecule has 3 aromatic carbocycles. The Balaban J connectivity index is 1.47. The fourth-order valence-corrected chi connectivity index (χ4v) is 3.42. The number of carbonyl (C=O) groups is 1. The van der Waals surface area contributed by atoms with Gasteiger partial charge in [-0.2, -0.15) is 0 Å². The number of aromatic nitrogens is 1. The lowest BCUT2D eigenvalue weighted by molar-refractivity contribution is -0.131. The lowest BCUT2D eigenvalue weighted by Crippen LogP contribution is -1.97. The van der Waals surface area contributed by atoms with Crippen LogP contribution < -0.4 is 4.74 Å². The standard InChI is InChI=1S/C23H17NO4S/c25-22(26)21(29-23-24-19-8-4-5-9-20(19)28-23)14-16-10-12-18(13-11-16)27-15-17-6-2-1-3-7-17/h1-14H,15H2,(H,25,26)/b21-14+. The van der Waals surface area contributed by atoms with Gasteiger partial charge in [-0.3, -0.25) is 0 Å². The van der Waals surface area contributed by atoms with Crippen LogP contribution in [0.15, 0.2) is 93.4 Å². The monoisotopic (exact) mass is 403 g/mol. The molecule has 0 atom stereocenters. The van der Waals surface area contributed by atoms with E-state index in [2.05, 4.69) is 4.98 Å². The summed E-state index contributed by atoms with van der Waals surface area (Å²) in [5, 5.41) is 9.85. The van der Waals surface area contributed by atoms with Crippen molar-refractivity contribution < 1.29 is 19.1 Å². The number of aliphatic carboxylic acids is 1. The number of thioether (sulfide) groups is 1. The summed E-state index contributed by atoms with van der Waals surface area (Å²) in [6.45, 7) is 0.476. The van der Waals surface area contributed by atoms with Crippen molar-refractivity contribution in [1.29, 1.82) is 0 Å². The summed E-state index contributed by atoms with van der Waals surface area (Å²) in [6, 6.07) is 24.5. The second kappa shape index (κ2) is 8.67. The Hall–Kier alpha value is -3.51. The maximum atomic E-state index is 11.7. The molecule has 0 fully saturated rings. The van der Waals surface area contributed by atoms with Gasteiger partial charge in [-0.15, -0.1) is 0 Å². The molecule has 0 unspecified atom stereocenters. The van der Waals surface area contributed by atoms with Crippen LogP contribution in [0.25, 0.3) is 17.2 Å². The first-order valence-electron chi connectivity index (χ1n) is 8.92. The first-order chi connectivity index (χ1) is 14.2. The number of fused-ring (bicyclic) bond motifs is 1. The molecular formula is C23H17NO4S. The van der Waals surface area contributed by atoms with Gasteiger partial charge in [0.1, 0.15) is 22.8 Å². The molecule has 4 rings (SSSR count). The number of oxazole rings is 1. The molecular weight excluding hydrogens is 386 g/mol. The van der Waals surface area contributed by atoms with E-state index in [9.17, 15) is 9.90 Å². The Morgan fingerprint density at radius 1 is 1.00 bits per heavy atom. The number of carboxylic acids is 1. The van der Waals surface area contributed by atoms with Crippen molar-refractivity contribution >= 4 is 34.9 Å². The SMILES string of the molecule is O=C(O)/C(=C\c1ccc(OCc2ccccc2)cc1)Sc1nc2ccccc2o1. The van der Waals surface area contributed by atoms with Crippen LogP contribution in [0.3, 0.4) is 0 Å². The first kappa shape index (κ1) is 18.8. The van der Waals surface area contributed by atoms with E-state index >= 15 is 0 Å². The molecule has 0 bridgehead atoms. The topological polar surface area (TPSA) is 72.6 Å². The highest BCUT2D eigenvalue weighted by molar-refractivity contribution is 8.03. The summed E-state index contributed by atoms with van der Waals surface area (Å²) in [4.78, 5) is 16.1. The zero-order chi connectivity index (χ0) is 20.1. The molecule has 0 saturated carbocycles. The van der Waals surface area contributed by atoms with Gasteiger partial charge in [-0.05, 0) is 53.2 Å². The van der Waals surface area contributed by atoms with E-state index in [0.29, 0.717) is 22.9 Å². The molecule has 0 radical (unpaired) electrons. The van der Waals surface area contributed by atoms with E-state index in [-0.39, 0.29) is 4.91 Å². The summed E-state index contributed by atoms with van der Waals surface area (Å²) in [5.74, 6) is -0.323. The van der Waals surface area contributed by atoms with E-state index in [4.69, 9.17) is 9.15 Å². The van der Waals surface area contributed by atoms with E-state index in [0.717, 1.165) is 28.6 Å². The number of rotatable bonds is 7. The van der Waals surface area contributed by atoms with Gasteiger partial charge in [0.05, 0.1) is 0 Å². The van der Waals surface area contributed by atoms with Crippen LogP contribution in [-0.4, -0.2) is 16.1 Å². The predicted molar refractivity (Wildman–Crippen MR) is 113 cm³/mol. The van der Waals surface area contributed by atoms with Crippen molar-refractivity contribution in [3.63, 3.8) is 0 Å². The zero-order valence-electron chi connectivity index (χ0n) is 15.3. The van der Waals surface area contributed by atoms with Crippen LogP contribution >= 0.6 is 11.8 Å². The minimum absolute atomic E-state index is 0.120. The third-order valence-corrected chi connectivity index (χ3v) is 4.97. The molecule has 0 amide bonds. The van der Waals surface area contributed by atoms with E-state index in [1.807, 2.05) is 72.8 Å². The molecule has 0 aliphatic rings. The normalized spacial score (nSPS) is 11.5. The molecule has 144 valence electrons. The number of benzene rings is 3. The summed E-state index contributed by atoms with van der Waals surface area (Å²) < 4.78 is 11.4. The highest BCUT2D eigenvalue weighted by Crippen LogP contribution is 2.30. The molecule has 5 nitrogen and oxygen atoms in total. The third kappa shape index (κ3) is 4.86. The van der Waals surface area contributed by atoms with Crippen LogP contribution in [0.1, 0.15) is 11.1 Å². The highest BCUT2D eigenvalue weighted by Gasteiger charge is 2.14. The maximum Gasteiger partial charge on any atom is 0.342 e. The average Bonchev–Trinajstić information content (AvgIpc) is 3.16. The fourth-order valence-electron chi connectivity index (χ4n) is 2.68. The molecule has 1 heterocycles. The summed E-state index contributed by atoms with van der Waals surface area (Å²) in [6.07, 6.45) is 1.59. The number of hydrogen-bond acceptors (Lipinski definition) is 5. The second-order valence-electron chi connectivity index (χ2n) is 6.21. The van der Waals surface area contributed by atoms with Crippen molar-refractivity contribution in [2.24, 2.45) is 0 Å². The van der Waals surface area contributed by atoms with Crippen LogP contribution in [0.2, 0.25) is 0 Å². The second-order valence-corrected chi connectivity index (χ2v) is 7.20. The summed E-state index contributed by atoms with van der Waals surface area (Å²) in [7, 11) is 0. The molecule has 29 heavy (non-hydrogen) atoms. The first-order valence-corrected chi connectivity index (χ1v) is 9.74. The number of para-hydroxylation sites is 2. The zero-order valence-corrected chi connectivity index (χ0v) is 16.1. The van der Waals surface area contributed by atoms with Gasteiger partial charge < -0.3 is 14.3 Å². The molecule has 0 aliphatic heterocycles. The third-order valence-electron chi connectivity index (χ3n) is 4.11. The summed E-state index contributed by atoms with van der Waals surface area (Å²) >= 11 is 0.982. The number of nitrogens with zero attached hydrogens (tertiary/aromatic N) is 1. The predicted octanol–water partition coefficient (Wildman–Crippen LogP) is 5.62. The Kier molecular flexibility index (Phi) is 5.63. The van der Waals surface area contributed by atoms with Crippen LogP contribution in [-0.2, 0) is 11.4 Å². The smallest absolute Gasteiger partial charge is 0.342 e. The van der Waals surface area contributed by atoms with Crippen LogP contribution in [0.5, 0.6) is 5.75 Å². The Bertz CT molecular complexity index is 1120. The maximum absolute atomic E-state index is 11.7. The molecule has 1 aromatic heterocycles. The Morgan fingerprint density at radius 2 is 1.72 bits per heavy atom. The van der Waals surface area contributed by atoms with Gasteiger partial charge in [-0.1, -0.05) is 54.6 Å². The van der Waals surface area contributed by atoms with Crippen molar-refractivity contribution in [2.45, 2.75) is 11.8 Å². The highest BCUT2D eigenvalue weighted by atomic mass is 32.2. The van der Waals surface area contributed by atoms with Gasteiger partial charge in [0.15, 0.2) is 5.58 Å². The Labute approximate surface area is 171 Å².